The maximum Gasteiger partial charge on any atom is 0.0726 e. The first kappa shape index (κ1) is 27.1. The molecule has 0 N–H and O–H groups in total. The van der Waals surface area contributed by atoms with Crippen molar-refractivity contribution >= 4 is 38.6 Å². The Hall–Kier alpha value is -5.92. The Kier molecular flexibility index (Phi) is 5.17. The quantitative estimate of drug-likeness (QED) is 0.189. The maximum absolute atomic E-state index is 2.49. The Morgan fingerprint density at radius 2 is 0.918 bits per heavy atom. The predicted molar refractivity (Wildman–Crippen MR) is 205 cm³/mol. The molecular weight excluding hydrogens is 591 g/mol. The maximum atomic E-state index is 2.49. The standard InChI is InChI=1S/C48H33N/c1-47(2)39-17-7-6-16-37(39)38-26-25-35(28-43(38)47)49(34-23-21-31(22-24-34)30-11-4-3-5-12-30)36-27-33-15-10-20-42-46(33)44(29-36)48(42)40-18-8-13-32-14-9-19-41(48)45(32)40/h3-29H,1-2H3. The molecule has 0 aromatic heterocycles. The smallest absolute Gasteiger partial charge is 0.0726 e. The summed E-state index contributed by atoms with van der Waals surface area (Å²) in [6, 6.07) is 61.2. The van der Waals surface area contributed by atoms with E-state index in [9.17, 15) is 0 Å². The van der Waals surface area contributed by atoms with Crippen LogP contribution in [0, 0.1) is 0 Å². The van der Waals surface area contributed by atoms with E-state index in [-0.39, 0.29) is 10.8 Å². The zero-order valence-electron chi connectivity index (χ0n) is 27.5. The van der Waals surface area contributed by atoms with Crippen molar-refractivity contribution in [3.05, 3.63) is 197 Å². The molecule has 8 aromatic rings. The molecule has 0 amide bonds. The van der Waals surface area contributed by atoms with Crippen molar-refractivity contribution in [3.63, 3.8) is 0 Å². The van der Waals surface area contributed by atoms with Gasteiger partial charge in [-0.3, -0.25) is 0 Å². The summed E-state index contributed by atoms with van der Waals surface area (Å²) in [7, 11) is 0. The molecule has 230 valence electrons. The van der Waals surface area contributed by atoms with Crippen molar-refractivity contribution in [1.29, 1.82) is 0 Å². The van der Waals surface area contributed by atoms with Crippen LogP contribution in [0.25, 0.3) is 43.8 Å². The minimum atomic E-state index is -0.175. The van der Waals surface area contributed by atoms with Gasteiger partial charge in [0, 0.05) is 22.5 Å². The molecule has 0 atom stereocenters. The van der Waals surface area contributed by atoms with Crippen LogP contribution in [-0.4, -0.2) is 0 Å². The fraction of sp³-hybridized carbons (Fsp3) is 0.0833. The van der Waals surface area contributed by atoms with Crippen LogP contribution in [0.2, 0.25) is 0 Å². The van der Waals surface area contributed by atoms with Crippen LogP contribution >= 0.6 is 0 Å². The summed E-state index contributed by atoms with van der Waals surface area (Å²) >= 11 is 0. The molecule has 0 saturated carbocycles. The Bertz CT molecular complexity index is 2640. The number of benzene rings is 8. The largest absolute Gasteiger partial charge is 0.310 e. The van der Waals surface area contributed by atoms with Gasteiger partial charge in [0.05, 0.1) is 5.41 Å². The second-order valence-electron chi connectivity index (χ2n) is 14.5. The van der Waals surface area contributed by atoms with E-state index in [1.807, 2.05) is 0 Å². The molecule has 0 saturated heterocycles. The summed E-state index contributed by atoms with van der Waals surface area (Å²) in [6.45, 7) is 4.74. The van der Waals surface area contributed by atoms with E-state index in [0.717, 1.165) is 5.69 Å². The SMILES string of the molecule is CC1(C)c2ccccc2-c2ccc(N(c3ccc(-c4ccccc4)cc3)c3cc4c5c(cccc5c3)C43c4cccc5cccc3c45)cc21. The Morgan fingerprint density at radius 3 is 1.65 bits per heavy atom. The van der Waals surface area contributed by atoms with Gasteiger partial charge < -0.3 is 4.90 Å². The highest BCUT2D eigenvalue weighted by atomic mass is 15.1. The number of nitrogens with zero attached hydrogens (tertiary/aromatic N) is 1. The minimum absolute atomic E-state index is 0.0853. The molecule has 49 heavy (non-hydrogen) atoms. The summed E-state index contributed by atoms with van der Waals surface area (Å²) < 4.78 is 0. The second kappa shape index (κ2) is 9.36. The zero-order chi connectivity index (χ0) is 32.5. The van der Waals surface area contributed by atoms with Crippen LogP contribution in [0.1, 0.15) is 47.2 Å². The van der Waals surface area contributed by atoms with Crippen molar-refractivity contribution in [2.75, 3.05) is 4.90 Å². The second-order valence-corrected chi connectivity index (χ2v) is 14.5. The van der Waals surface area contributed by atoms with Gasteiger partial charge in [-0.15, -0.1) is 0 Å². The van der Waals surface area contributed by atoms with E-state index >= 15 is 0 Å². The Balaban J connectivity index is 1.13. The summed E-state index contributed by atoms with van der Waals surface area (Å²) in [6.07, 6.45) is 0. The van der Waals surface area contributed by atoms with Crippen LogP contribution < -0.4 is 4.90 Å². The van der Waals surface area contributed by atoms with E-state index < -0.39 is 0 Å². The third kappa shape index (κ3) is 3.35. The molecule has 1 heteroatoms. The van der Waals surface area contributed by atoms with Crippen LogP contribution in [0.15, 0.2) is 164 Å². The fourth-order valence-corrected chi connectivity index (χ4v) is 9.57. The summed E-state index contributed by atoms with van der Waals surface area (Å²) in [5, 5.41) is 5.46. The lowest BCUT2D eigenvalue weighted by molar-refractivity contribution is 0.660. The molecule has 0 heterocycles. The molecule has 0 fully saturated rings. The monoisotopic (exact) mass is 623 g/mol. The molecule has 3 aliphatic carbocycles. The molecule has 11 rings (SSSR count). The normalized spacial score (nSPS) is 15.1. The molecule has 1 spiro atoms. The number of fused-ring (bicyclic) bond motifs is 7. The lowest BCUT2D eigenvalue weighted by Crippen LogP contribution is -2.43. The molecule has 0 radical (unpaired) electrons. The zero-order valence-corrected chi connectivity index (χ0v) is 27.5. The molecule has 8 aromatic carbocycles. The van der Waals surface area contributed by atoms with Gasteiger partial charge in [-0.25, -0.2) is 0 Å². The van der Waals surface area contributed by atoms with Crippen LogP contribution in [0.3, 0.4) is 0 Å². The molecule has 0 unspecified atom stereocenters. The van der Waals surface area contributed by atoms with Gasteiger partial charge in [0.1, 0.15) is 0 Å². The van der Waals surface area contributed by atoms with Gasteiger partial charge in [-0.2, -0.15) is 0 Å². The van der Waals surface area contributed by atoms with Crippen LogP contribution in [0.4, 0.5) is 17.1 Å². The lowest BCUT2D eigenvalue weighted by atomic mass is 9.49. The third-order valence-corrected chi connectivity index (χ3v) is 11.8. The van der Waals surface area contributed by atoms with E-state index in [1.165, 1.54) is 88.6 Å². The van der Waals surface area contributed by atoms with Crippen molar-refractivity contribution in [3.8, 4) is 22.3 Å². The van der Waals surface area contributed by atoms with Crippen molar-refractivity contribution in [2.45, 2.75) is 24.7 Å². The van der Waals surface area contributed by atoms with E-state index in [2.05, 4.69) is 183 Å². The molecular formula is C48H33N. The van der Waals surface area contributed by atoms with E-state index in [1.54, 1.807) is 0 Å². The van der Waals surface area contributed by atoms with Crippen molar-refractivity contribution < 1.29 is 0 Å². The topological polar surface area (TPSA) is 3.24 Å². The van der Waals surface area contributed by atoms with Gasteiger partial charge in [-0.05, 0) is 114 Å². The Morgan fingerprint density at radius 1 is 0.367 bits per heavy atom. The average Bonchev–Trinajstić information content (AvgIpc) is 3.37. The van der Waals surface area contributed by atoms with Crippen LogP contribution in [0.5, 0.6) is 0 Å². The third-order valence-electron chi connectivity index (χ3n) is 11.8. The average molecular weight is 624 g/mol. The van der Waals surface area contributed by atoms with Gasteiger partial charge in [0.15, 0.2) is 0 Å². The van der Waals surface area contributed by atoms with Gasteiger partial charge in [0.25, 0.3) is 0 Å². The molecule has 1 nitrogen and oxygen atoms in total. The van der Waals surface area contributed by atoms with Gasteiger partial charge in [-0.1, -0.05) is 141 Å². The van der Waals surface area contributed by atoms with Gasteiger partial charge in [0.2, 0.25) is 0 Å². The molecule has 3 aliphatic rings. The summed E-state index contributed by atoms with van der Waals surface area (Å²) in [5.41, 5.74) is 16.9. The number of hydrogen-bond acceptors (Lipinski definition) is 1. The summed E-state index contributed by atoms with van der Waals surface area (Å²) in [4.78, 5) is 2.48. The molecule has 0 aliphatic heterocycles. The number of anilines is 3. The highest BCUT2D eigenvalue weighted by molar-refractivity contribution is 6.12. The number of hydrogen-bond donors (Lipinski definition) is 0. The summed E-state index contributed by atoms with van der Waals surface area (Å²) in [5.74, 6) is 0. The number of rotatable bonds is 4. The Labute approximate surface area is 286 Å². The van der Waals surface area contributed by atoms with Gasteiger partial charge >= 0.3 is 0 Å². The molecule has 0 bridgehead atoms. The first-order valence-corrected chi connectivity index (χ1v) is 17.4. The van der Waals surface area contributed by atoms with E-state index in [0.29, 0.717) is 0 Å². The van der Waals surface area contributed by atoms with Crippen LogP contribution in [-0.2, 0) is 10.8 Å². The first-order chi connectivity index (χ1) is 24.0. The van der Waals surface area contributed by atoms with E-state index in [4.69, 9.17) is 0 Å². The van der Waals surface area contributed by atoms with Crippen molar-refractivity contribution in [1.82, 2.24) is 0 Å². The highest BCUT2D eigenvalue weighted by Gasteiger charge is 2.54. The predicted octanol–water partition coefficient (Wildman–Crippen LogP) is 12.4. The van der Waals surface area contributed by atoms with Crippen molar-refractivity contribution in [2.24, 2.45) is 0 Å². The fourth-order valence-electron chi connectivity index (χ4n) is 9.57. The lowest BCUT2D eigenvalue weighted by Gasteiger charge is -2.52. The first-order valence-electron chi connectivity index (χ1n) is 17.4. The minimum Gasteiger partial charge on any atom is -0.310 e. The highest BCUT2D eigenvalue weighted by Crippen LogP contribution is 2.65.